The summed E-state index contributed by atoms with van der Waals surface area (Å²) in [5.74, 6) is -0.534. The summed E-state index contributed by atoms with van der Waals surface area (Å²) in [5.41, 5.74) is 0. The molecule has 3 nitrogen and oxygen atoms in total. The molecule has 70 valence electrons. The fraction of sp³-hybridized carbons (Fsp3) is 0.889. The minimum Gasteiger partial charge on any atom is -0.348 e. The summed E-state index contributed by atoms with van der Waals surface area (Å²) in [4.78, 5) is 10.6. The average Bonchev–Trinajstić information content (AvgIpc) is 2.34. The molecule has 0 aromatic heterocycles. The lowest BCUT2D eigenvalue weighted by molar-refractivity contribution is -0.146. The standard InChI is InChI=1S/C9H16O3/c1-4-7(5-10)8-6-11-9(2,3)12-8/h5,7-8H,4,6H2,1-3H3. The van der Waals surface area contributed by atoms with Gasteiger partial charge in [0.05, 0.1) is 12.7 Å². The molecule has 2 unspecified atom stereocenters. The molecule has 0 amide bonds. The first-order chi connectivity index (χ1) is 5.59. The van der Waals surface area contributed by atoms with Gasteiger partial charge in [0.25, 0.3) is 0 Å². The molecule has 0 aromatic rings. The van der Waals surface area contributed by atoms with E-state index in [4.69, 9.17) is 9.47 Å². The molecular weight excluding hydrogens is 156 g/mol. The van der Waals surface area contributed by atoms with Crippen LogP contribution in [-0.2, 0) is 14.3 Å². The maximum Gasteiger partial charge on any atom is 0.163 e. The van der Waals surface area contributed by atoms with Crippen molar-refractivity contribution in [2.24, 2.45) is 5.92 Å². The molecule has 0 saturated carbocycles. The molecular formula is C9H16O3. The second kappa shape index (κ2) is 3.54. The van der Waals surface area contributed by atoms with E-state index in [-0.39, 0.29) is 12.0 Å². The van der Waals surface area contributed by atoms with Gasteiger partial charge in [-0.25, -0.2) is 0 Å². The Morgan fingerprint density at radius 2 is 2.33 bits per heavy atom. The van der Waals surface area contributed by atoms with Crippen molar-refractivity contribution in [3.8, 4) is 0 Å². The molecule has 0 radical (unpaired) electrons. The molecule has 0 N–H and O–H groups in total. The van der Waals surface area contributed by atoms with E-state index in [1.165, 1.54) is 0 Å². The Hall–Kier alpha value is -0.410. The first-order valence-electron chi connectivity index (χ1n) is 4.36. The summed E-state index contributed by atoms with van der Waals surface area (Å²) in [6.07, 6.45) is 1.71. The molecule has 1 fully saturated rings. The van der Waals surface area contributed by atoms with Crippen LogP contribution in [0.15, 0.2) is 0 Å². The van der Waals surface area contributed by atoms with E-state index in [1.54, 1.807) is 0 Å². The summed E-state index contributed by atoms with van der Waals surface area (Å²) in [6, 6.07) is 0. The van der Waals surface area contributed by atoms with Gasteiger partial charge < -0.3 is 14.3 Å². The number of ether oxygens (including phenoxy) is 2. The van der Waals surface area contributed by atoms with Crippen LogP contribution < -0.4 is 0 Å². The SMILES string of the molecule is CCC(C=O)C1COC(C)(C)O1. The summed E-state index contributed by atoms with van der Waals surface area (Å²) in [7, 11) is 0. The summed E-state index contributed by atoms with van der Waals surface area (Å²) < 4.78 is 10.9. The maximum absolute atomic E-state index is 10.6. The van der Waals surface area contributed by atoms with Crippen LogP contribution >= 0.6 is 0 Å². The molecule has 1 rings (SSSR count). The highest BCUT2D eigenvalue weighted by Gasteiger charge is 2.36. The highest BCUT2D eigenvalue weighted by Crippen LogP contribution is 2.27. The number of hydrogen-bond acceptors (Lipinski definition) is 3. The van der Waals surface area contributed by atoms with Crippen molar-refractivity contribution < 1.29 is 14.3 Å². The van der Waals surface area contributed by atoms with Gasteiger partial charge in [0.1, 0.15) is 6.29 Å². The zero-order chi connectivity index (χ0) is 9.19. The molecule has 0 aliphatic carbocycles. The number of carbonyl (C=O) groups is 1. The van der Waals surface area contributed by atoms with Crippen LogP contribution in [0.3, 0.4) is 0 Å². The van der Waals surface area contributed by atoms with E-state index in [0.717, 1.165) is 12.7 Å². The lowest BCUT2D eigenvalue weighted by Gasteiger charge is -2.19. The molecule has 0 spiro atoms. The molecule has 12 heavy (non-hydrogen) atoms. The van der Waals surface area contributed by atoms with Gasteiger partial charge in [0.2, 0.25) is 0 Å². The second-order valence-corrected chi connectivity index (χ2v) is 3.58. The van der Waals surface area contributed by atoms with Crippen molar-refractivity contribution in [1.29, 1.82) is 0 Å². The van der Waals surface area contributed by atoms with Crippen LogP contribution in [0.4, 0.5) is 0 Å². The van der Waals surface area contributed by atoms with Gasteiger partial charge in [-0.2, -0.15) is 0 Å². The van der Waals surface area contributed by atoms with Gasteiger partial charge in [-0.05, 0) is 20.3 Å². The third-order valence-corrected chi connectivity index (χ3v) is 2.15. The van der Waals surface area contributed by atoms with E-state index >= 15 is 0 Å². The van der Waals surface area contributed by atoms with E-state index in [1.807, 2.05) is 20.8 Å². The largest absolute Gasteiger partial charge is 0.348 e. The molecule has 0 aromatic carbocycles. The first-order valence-corrected chi connectivity index (χ1v) is 4.36. The van der Waals surface area contributed by atoms with Crippen LogP contribution in [0, 0.1) is 5.92 Å². The summed E-state index contributed by atoms with van der Waals surface area (Å²) in [6.45, 7) is 6.24. The van der Waals surface area contributed by atoms with Crippen molar-refractivity contribution in [2.75, 3.05) is 6.61 Å². The average molecular weight is 172 g/mol. The third kappa shape index (κ3) is 2.05. The summed E-state index contributed by atoms with van der Waals surface area (Å²) in [5, 5.41) is 0. The van der Waals surface area contributed by atoms with Crippen molar-refractivity contribution in [3.63, 3.8) is 0 Å². The molecule has 1 aliphatic rings. The van der Waals surface area contributed by atoms with Crippen molar-refractivity contribution in [2.45, 2.75) is 39.1 Å². The number of carbonyl (C=O) groups excluding carboxylic acids is 1. The quantitative estimate of drug-likeness (QED) is 0.603. The zero-order valence-electron chi connectivity index (χ0n) is 7.87. The fourth-order valence-corrected chi connectivity index (χ4v) is 1.37. The van der Waals surface area contributed by atoms with Crippen LogP contribution in [0.1, 0.15) is 27.2 Å². The molecule has 2 atom stereocenters. The van der Waals surface area contributed by atoms with Crippen molar-refractivity contribution in [1.82, 2.24) is 0 Å². The Bertz CT molecular complexity index is 165. The van der Waals surface area contributed by atoms with Crippen LogP contribution in [-0.4, -0.2) is 24.8 Å². The van der Waals surface area contributed by atoms with E-state index < -0.39 is 5.79 Å². The minimum atomic E-state index is -0.513. The molecule has 1 aliphatic heterocycles. The van der Waals surface area contributed by atoms with Crippen LogP contribution in [0.5, 0.6) is 0 Å². The maximum atomic E-state index is 10.6. The lowest BCUT2D eigenvalue weighted by atomic mass is 10.0. The number of aldehydes is 1. The predicted molar refractivity (Wildman–Crippen MR) is 44.7 cm³/mol. The lowest BCUT2D eigenvalue weighted by Crippen LogP contribution is -2.27. The van der Waals surface area contributed by atoms with E-state index in [2.05, 4.69) is 0 Å². The van der Waals surface area contributed by atoms with E-state index in [0.29, 0.717) is 6.61 Å². The zero-order valence-corrected chi connectivity index (χ0v) is 7.87. The topological polar surface area (TPSA) is 35.5 Å². The Morgan fingerprint density at radius 1 is 1.67 bits per heavy atom. The monoisotopic (exact) mass is 172 g/mol. The van der Waals surface area contributed by atoms with Gasteiger partial charge >= 0.3 is 0 Å². The van der Waals surface area contributed by atoms with E-state index in [9.17, 15) is 4.79 Å². The molecule has 1 saturated heterocycles. The highest BCUT2D eigenvalue weighted by atomic mass is 16.7. The van der Waals surface area contributed by atoms with Crippen molar-refractivity contribution in [3.05, 3.63) is 0 Å². The van der Waals surface area contributed by atoms with Crippen molar-refractivity contribution >= 4 is 6.29 Å². The smallest absolute Gasteiger partial charge is 0.163 e. The second-order valence-electron chi connectivity index (χ2n) is 3.58. The number of rotatable bonds is 3. The van der Waals surface area contributed by atoms with Gasteiger partial charge in [0.15, 0.2) is 5.79 Å². The Balaban J connectivity index is 2.50. The fourth-order valence-electron chi connectivity index (χ4n) is 1.37. The Labute approximate surface area is 73.0 Å². The predicted octanol–water partition coefficient (Wildman–Crippen LogP) is 1.36. The Morgan fingerprint density at radius 3 is 2.67 bits per heavy atom. The molecule has 0 bridgehead atoms. The normalized spacial score (nSPS) is 30.1. The minimum absolute atomic E-state index is 0.0215. The summed E-state index contributed by atoms with van der Waals surface area (Å²) >= 11 is 0. The third-order valence-electron chi connectivity index (χ3n) is 2.15. The van der Waals surface area contributed by atoms with Gasteiger partial charge in [-0.1, -0.05) is 6.92 Å². The first kappa shape index (κ1) is 9.68. The Kier molecular flexibility index (Phi) is 2.85. The van der Waals surface area contributed by atoms with Gasteiger partial charge in [-0.3, -0.25) is 0 Å². The molecule has 3 heteroatoms. The highest BCUT2D eigenvalue weighted by molar-refractivity contribution is 5.54. The number of hydrogen-bond donors (Lipinski definition) is 0. The van der Waals surface area contributed by atoms with Crippen LogP contribution in [0.25, 0.3) is 0 Å². The van der Waals surface area contributed by atoms with Gasteiger partial charge in [0, 0.05) is 5.92 Å². The van der Waals surface area contributed by atoms with Crippen LogP contribution in [0.2, 0.25) is 0 Å². The molecule has 1 heterocycles. The van der Waals surface area contributed by atoms with Gasteiger partial charge in [-0.15, -0.1) is 0 Å².